The van der Waals surface area contributed by atoms with Crippen molar-refractivity contribution in [2.24, 2.45) is 5.92 Å². The maximum absolute atomic E-state index is 4.65. The van der Waals surface area contributed by atoms with Gasteiger partial charge in [-0.1, -0.05) is 12.8 Å². The Morgan fingerprint density at radius 3 is 2.88 bits per heavy atom. The van der Waals surface area contributed by atoms with E-state index in [2.05, 4.69) is 51.7 Å². The Bertz CT molecular complexity index is 390. The summed E-state index contributed by atoms with van der Waals surface area (Å²) >= 11 is 2.33. The molecule has 3 rings (SSSR count). The van der Waals surface area contributed by atoms with E-state index in [0.717, 1.165) is 12.0 Å². The first kappa shape index (κ1) is 11.9. The molecule has 0 radical (unpaired) electrons. The Morgan fingerprint density at radius 2 is 2.12 bits per heavy atom. The molecule has 3 unspecified atom stereocenters. The minimum atomic E-state index is 0.669. The number of aromatic nitrogens is 1. The smallest absolute Gasteiger partial charge is 0.0451 e. The predicted molar refractivity (Wildman–Crippen MR) is 78.1 cm³/mol. The lowest BCUT2D eigenvalue weighted by Crippen LogP contribution is -2.31. The van der Waals surface area contributed by atoms with Gasteiger partial charge in [-0.3, -0.25) is 4.98 Å². The number of hydrogen-bond donors (Lipinski definition) is 0. The van der Waals surface area contributed by atoms with Crippen LogP contribution in [0.5, 0.6) is 0 Å². The molecule has 0 bridgehead atoms. The summed E-state index contributed by atoms with van der Waals surface area (Å²) in [6, 6.07) is 5.24. The minimum absolute atomic E-state index is 0.669. The van der Waals surface area contributed by atoms with Crippen molar-refractivity contribution in [3.8, 4) is 0 Å². The highest BCUT2D eigenvalue weighted by atomic mass is 127. The molecule has 2 fully saturated rings. The Balaban J connectivity index is 1.85. The molecule has 0 N–H and O–H groups in total. The van der Waals surface area contributed by atoms with Crippen molar-refractivity contribution in [2.75, 3.05) is 13.6 Å². The number of fused-ring (bicyclic) bond motifs is 1. The summed E-state index contributed by atoms with van der Waals surface area (Å²) in [5.41, 5.74) is 1.31. The van der Waals surface area contributed by atoms with Gasteiger partial charge in [-0.2, -0.15) is 0 Å². The summed E-state index contributed by atoms with van der Waals surface area (Å²) in [6.45, 7) is 1.20. The van der Waals surface area contributed by atoms with E-state index < -0.39 is 0 Å². The lowest BCUT2D eigenvalue weighted by molar-refractivity contribution is 0.212. The van der Waals surface area contributed by atoms with Crippen LogP contribution in [-0.4, -0.2) is 29.5 Å². The van der Waals surface area contributed by atoms with Gasteiger partial charge in [0.2, 0.25) is 0 Å². The molecule has 0 amide bonds. The molecule has 17 heavy (non-hydrogen) atoms. The van der Waals surface area contributed by atoms with E-state index in [-0.39, 0.29) is 0 Å². The average molecular weight is 342 g/mol. The molecule has 3 heteroatoms. The monoisotopic (exact) mass is 342 g/mol. The van der Waals surface area contributed by atoms with Crippen LogP contribution < -0.4 is 0 Å². The normalized spacial score (nSPS) is 33.6. The van der Waals surface area contributed by atoms with Gasteiger partial charge in [-0.25, -0.2) is 0 Å². The SMILES string of the molecule is CN1CC(c2ccc(I)cn2)C2CCCCC21. The molecule has 92 valence electrons. The number of pyridine rings is 1. The highest BCUT2D eigenvalue weighted by Crippen LogP contribution is 2.43. The van der Waals surface area contributed by atoms with Crippen LogP contribution in [0, 0.1) is 9.49 Å². The van der Waals surface area contributed by atoms with Crippen LogP contribution in [0.3, 0.4) is 0 Å². The van der Waals surface area contributed by atoms with Gasteiger partial charge in [0.15, 0.2) is 0 Å². The molecule has 0 spiro atoms. The first-order valence-electron chi connectivity index (χ1n) is 6.57. The van der Waals surface area contributed by atoms with Crippen LogP contribution in [-0.2, 0) is 0 Å². The lowest BCUT2D eigenvalue weighted by Gasteiger charge is -2.30. The van der Waals surface area contributed by atoms with Crippen molar-refractivity contribution in [2.45, 2.75) is 37.6 Å². The topological polar surface area (TPSA) is 16.1 Å². The summed E-state index contributed by atoms with van der Waals surface area (Å²) in [5.74, 6) is 1.52. The average Bonchev–Trinajstić information content (AvgIpc) is 2.69. The second-order valence-corrected chi connectivity index (χ2v) is 6.71. The quantitative estimate of drug-likeness (QED) is 0.729. The maximum Gasteiger partial charge on any atom is 0.0451 e. The van der Waals surface area contributed by atoms with Gasteiger partial charge in [0, 0.05) is 34.0 Å². The number of rotatable bonds is 1. The number of halogens is 1. The molecular formula is C14H19IN2. The van der Waals surface area contributed by atoms with Gasteiger partial charge in [0.25, 0.3) is 0 Å². The fraction of sp³-hybridized carbons (Fsp3) is 0.643. The van der Waals surface area contributed by atoms with Crippen molar-refractivity contribution in [3.63, 3.8) is 0 Å². The third-order valence-electron chi connectivity index (χ3n) is 4.48. The van der Waals surface area contributed by atoms with E-state index in [1.54, 1.807) is 0 Å². The Labute approximate surface area is 117 Å². The molecule has 1 saturated carbocycles. The van der Waals surface area contributed by atoms with E-state index in [1.807, 2.05) is 6.20 Å². The summed E-state index contributed by atoms with van der Waals surface area (Å²) in [7, 11) is 2.29. The number of likely N-dealkylation sites (tertiary alicyclic amines) is 1. The molecule has 1 aliphatic carbocycles. The predicted octanol–water partition coefficient (Wildman–Crippen LogP) is 3.27. The fourth-order valence-electron chi connectivity index (χ4n) is 3.66. The molecule has 3 atom stereocenters. The number of nitrogens with zero attached hydrogens (tertiary/aromatic N) is 2. The number of hydrogen-bond acceptors (Lipinski definition) is 2. The van der Waals surface area contributed by atoms with Crippen molar-refractivity contribution in [3.05, 3.63) is 27.6 Å². The second-order valence-electron chi connectivity index (χ2n) is 5.46. The van der Waals surface area contributed by atoms with Crippen LogP contribution in [0.2, 0.25) is 0 Å². The minimum Gasteiger partial charge on any atom is -0.302 e. The first-order chi connectivity index (χ1) is 8.25. The summed E-state index contributed by atoms with van der Waals surface area (Å²) < 4.78 is 1.23. The van der Waals surface area contributed by atoms with Gasteiger partial charge in [0.1, 0.15) is 0 Å². The van der Waals surface area contributed by atoms with E-state index in [0.29, 0.717) is 5.92 Å². The van der Waals surface area contributed by atoms with E-state index in [1.165, 1.54) is 41.5 Å². The zero-order chi connectivity index (χ0) is 11.8. The molecule has 1 aromatic rings. The van der Waals surface area contributed by atoms with Gasteiger partial charge >= 0.3 is 0 Å². The largest absolute Gasteiger partial charge is 0.302 e. The van der Waals surface area contributed by atoms with Crippen molar-refractivity contribution in [1.82, 2.24) is 9.88 Å². The van der Waals surface area contributed by atoms with Crippen molar-refractivity contribution < 1.29 is 0 Å². The molecular weight excluding hydrogens is 323 g/mol. The molecule has 1 aromatic heterocycles. The van der Waals surface area contributed by atoms with Crippen LogP contribution in [0.25, 0.3) is 0 Å². The maximum atomic E-state index is 4.65. The lowest BCUT2D eigenvalue weighted by atomic mass is 9.78. The number of likely N-dealkylation sites (N-methyl/N-ethyl adjacent to an activating group) is 1. The zero-order valence-corrected chi connectivity index (χ0v) is 12.4. The Hall–Kier alpha value is -0.160. The third-order valence-corrected chi connectivity index (χ3v) is 5.12. The van der Waals surface area contributed by atoms with Crippen molar-refractivity contribution in [1.29, 1.82) is 0 Å². The van der Waals surface area contributed by atoms with Crippen molar-refractivity contribution >= 4 is 22.6 Å². The molecule has 2 nitrogen and oxygen atoms in total. The Kier molecular flexibility index (Phi) is 3.39. The molecule has 2 heterocycles. The summed E-state index contributed by atoms with van der Waals surface area (Å²) in [5, 5.41) is 0. The van der Waals surface area contributed by atoms with Crippen LogP contribution in [0.15, 0.2) is 18.3 Å². The molecule has 1 aliphatic heterocycles. The van der Waals surface area contributed by atoms with Crippen LogP contribution >= 0.6 is 22.6 Å². The summed E-state index contributed by atoms with van der Waals surface area (Å²) in [6.07, 6.45) is 7.62. The van der Waals surface area contributed by atoms with Crippen LogP contribution in [0.1, 0.15) is 37.3 Å². The van der Waals surface area contributed by atoms with Crippen LogP contribution in [0.4, 0.5) is 0 Å². The van der Waals surface area contributed by atoms with Gasteiger partial charge in [-0.15, -0.1) is 0 Å². The van der Waals surface area contributed by atoms with E-state index in [4.69, 9.17) is 0 Å². The fourth-order valence-corrected chi connectivity index (χ4v) is 3.98. The highest BCUT2D eigenvalue weighted by molar-refractivity contribution is 14.1. The van der Waals surface area contributed by atoms with E-state index >= 15 is 0 Å². The van der Waals surface area contributed by atoms with Gasteiger partial charge < -0.3 is 4.90 Å². The van der Waals surface area contributed by atoms with E-state index in [9.17, 15) is 0 Å². The van der Waals surface area contributed by atoms with Gasteiger partial charge in [0.05, 0.1) is 0 Å². The zero-order valence-electron chi connectivity index (χ0n) is 10.3. The second kappa shape index (κ2) is 4.84. The Morgan fingerprint density at radius 1 is 1.29 bits per heavy atom. The third kappa shape index (κ3) is 2.24. The first-order valence-corrected chi connectivity index (χ1v) is 7.65. The highest BCUT2D eigenvalue weighted by Gasteiger charge is 2.41. The molecule has 0 aromatic carbocycles. The molecule has 2 aliphatic rings. The standard InChI is InChI=1S/C14H19IN2/c1-17-9-12(11-4-2-3-5-14(11)17)13-7-6-10(15)8-16-13/h6-8,11-12,14H,2-5,9H2,1H3. The summed E-state index contributed by atoms with van der Waals surface area (Å²) in [4.78, 5) is 7.22. The molecule has 1 saturated heterocycles. The van der Waals surface area contributed by atoms with Gasteiger partial charge in [-0.05, 0) is 60.5 Å².